The summed E-state index contributed by atoms with van der Waals surface area (Å²) in [6.07, 6.45) is -3.52. The van der Waals surface area contributed by atoms with Crippen molar-refractivity contribution in [2.75, 3.05) is 25.0 Å². The topological polar surface area (TPSA) is 54.2 Å². The van der Waals surface area contributed by atoms with E-state index in [1.165, 1.54) is 4.90 Å². The van der Waals surface area contributed by atoms with E-state index >= 15 is 0 Å². The second kappa shape index (κ2) is 5.13. The predicted molar refractivity (Wildman–Crippen MR) is 58.1 cm³/mol. The molecule has 2 heterocycles. The molecule has 1 aliphatic rings. The van der Waals surface area contributed by atoms with E-state index in [1.54, 1.807) is 7.05 Å². The van der Waals surface area contributed by atoms with Crippen molar-refractivity contribution in [1.82, 2.24) is 15.5 Å². The zero-order valence-corrected chi connectivity index (χ0v) is 10.00. The van der Waals surface area contributed by atoms with Crippen molar-refractivity contribution in [2.45, 2.75) is 25.6 Å². The summed E-state index contributed by atoms with van der Waals surface area (Å²) in [6, 6.07) is 0.175. The minimum absolute atomic E-state index is 0.106. The molecule has 8 heteroatoms. The Kier molecular flexibility index (Phi) is 3.74. The molecule has 0 bridgehead atoms. The van der Waals surface area contributed by atoms with Crippen LogP contribution < -0.4 is 10.2 Å². The van der Waals surface area contributed by atoms with Gasteiger partial charge in [0.15, 0.2) is 0 Å². The van der Waals surface area contributed by atoms with Crippen molar-refractivity contribution in [3.63, 3.8) is 0 Å². The van der Waals surface area contributed by atoms with Gasteiger partial charge in [0.1, 0.15) is 0 Å². The van der Waals surface area contributed by atoms with Gasteiger partial charge in [-0.1, -0.05) is 5.10 Å². The average Bonchev–Trinajstić information content (AvgIpc) is 2.77. The molecule has 18 heavy (non-hydrogen) atoms. The van der Waals surface area contributed by atoms with Crippen molar-refractivity contribution in [3.05, 3.63) is 5.89 Å². The number of anilines is 1. The third-order valence-corrected chi connectivity index (χ3v) is 2.94. The van der Waals surface area contributed by atoms with Gasteiger partial charge < -0.3 is 14.6 Å². The highest BCUT2D eigenvalue weighted by Crippen LogP contribution is 2.34. The molecule has 1 aliphatic heterocycles. The van der Waals surface area contributed by atoms with Gasteiger partial charge >= 0.3 is 12.2 Å². The van der Waals surface area contributed by atoms with Crippen molar-refractivity contribution in [1.29, 1.82) is 0 Å². The van der Waals surface area contributed by atoms with Crippen LogP contribution in [0.1, 0.15) is 18.7 Å². The molecule has 1 atom stereocenters. The average molecular weight is 264 g/mol. The Morgan fingerprint density at radius 2 is 2.22 bits per heavy atom. The Morgan fingerprint density at radius 3 is 2.89 bits per heavy atom. The number of hydrogen-bond acceptors (Lipinski definition) is 5. The van der Waals surface area contributed by atoms with Crippen LogP contribution in [-0.4, -0.2) is 36.5 Å². The van der Waals surface area contributed by atoms with Crippen LogP contribution in [0.25, 0.3) is 0 Å². The van der Waals surface area contributed by atoms with Gasteiger partial charge in [-0.3, -0.25) is 0 Å². The molecular formula is C10H15F3N4O. The van der Waals surface area contributed by atoms with Crippen molar-refractivity contribution >= 4 is 6.01 Å². The summed E-state index contributed by atoms with van der Waals surface area (Å²) in [4.78, 5) is 1.51. The Labute approximate surface area is 102 Å². The van der Waals surface area contributed by atoms with Gasteiger partial charge in [0.25, 0.3) is 0 Å². The van der Waals surface area contributed by atoms with Crippen LogP contribution in [0.4, 0.5) is 19.2 Å². The van der Waals surface area contributed by atoms with Gasteiger partial charge in [0.05, 0.1) is 12.5 Å². The molecule has 1 saturated heterocycles. The SMILES string of the molecule is CNCc1nnc(N2CCCC(C(F)(F)F)C2)o1. The predicted octanol–water partition coefficient (Wildman–Crippen LogP) is 1.57. The van der Waals surface area contributed by atoms with E-state index in [1.807, 2.05) is 0 Å². The maximum absolute atomic E-state index is 12.7. The van der Waals surface area contributed by atoms with Crippen LogP contribution in [0.5, 0.6) is 0 Å². The molecule has 0 aromatic carbocycles. The summed E-state index contributed by atoms with van der Waals surface area (Å²) in [5, 5.41) is 10.4. The van der Waals surface area contributed by atoms with E-state index in [2.05, 4.69) is 15.5 Å². The summed E-state index contributed by atoms with van der Waals surface area (Å²) < 4.78 is 43.3. The molecule has 2 rings (SSSR count). The number of hydrogen-bond donors (Lipinski definition) is 1. The second-order valence-electron chi connectivity index (χ2n) is 4.34. The third-order valence-electron chi connectivity index (χ3n) is 2.94. The third kappa shape index (κ3) is 2.92. The standard InChI is InChI=1S/C10H15F3N4O/c1-14-5-8-15-16-9(18-8)17-4-2-3-7(6-17)10(11,12)13/h7,14H,2-6H2,1H3. The quantitative estimate of drug-likeness (QED) is 0.898. The largest absolute Gasteiger partial charge is 0.407 e. The van der Waals surface area contributed by atoms with E-state index in [9.17, 15) is 13.2 Å². The Balaban J connectivity index is 2.03. The molecule has 0 radical (unpaired) electrons. The fourth-order valence-corrected chi connectivity index (χ4v) is 2.01. The lowest BCUT2D eigenvalue weighted by Gasteiger charge is -2.32. The van der Waals surface area contributed by atoms with Crippen molar-refractivity contribution in [3.8, 4) is 0 Å². The molecular weight excluding hydrogens is 249 g/mol. The van der Waals surface area contributed by atoms with Crippen molar-refractivity contribution < 1.29 is 17.6 Å². The molecule has 1 aromatic rings. The summed E-state index contributed by atoms with van der Waals surface area (Å²) in [6.45, 7) is 0.821. The number of nitrogens with zero attached hydrogens (tertiary/aromatic N) is 3. The van der Waals surface area contributed by atoms with E-state index in [4.69, 9.17) is 4.42 Å². The number of aromatic nitrogens is 2. The van der Waals surface area contributed by atoms with E-state index in [0.29, 0.717) is 25.4 Å². The lowest BCUT2D eigenvalue weighted by atomic mass is 9.98. The monoisotopic (exact) mass is 264 g/mol. The molecule has 1 unspecified atom stereocenters. The minimum atomic E-state index is -4.16. The fraction of sp³-hybridized carbons (Fsp3) is 0.800. The first-order valence-electron chi connectivity index (χ1n) is 5.79. The molecule has 0 spiro atoms. The molecule has 0 saturated carbocycles. The molecule has 0 amide bonds. The summed E-state index contributed by atoms with van der Waals surface area (Å²) in [5.74, 6) is -0.937. The summed E-state index contributed by atoms with van der Waals surface area (Å²) in [7, 11) is 1.73. The highest BCUT2D eigenvalue weighted by atomic mass is 19.4. The van der Waals surface area contributed by atoms with Gasteiger partial charge in [0.2, 0.25) is 5.89 Å². The Hall–Kier alpha value is -1.31. The lowest BCUT2D eigenvalue weighted by molar-refractivity contribution is -0.176. The maximum Gasteiger partial charge on any atom is 0.393 e. The minimum Gasteiger partial charge on any atom is -0.407 e. The van der Waals surface area contributed by atoms with Crippen LogP contribution in [0.2, 0.25) is 0 Å². The highest BCUT2D eigenvalue weighted by molar-refractivity contribution is 5.25. The fourth-order valence-electron chi connectivity index (χ4n) is 2.01. The number of halogens is 3. The smallest absolute Gasteiger partial charge is 0.393 e. The first kappa shape index (κ1) is 13.1. The van der Waals surface area contributed by atoms with Crippen LogP contribution in [0.3, 0.4) is 0 Å². The van der Waals surface area contributed by atoms with Crippen molar-refractivity contribution in [2.24, 2.45) is 5.92 Å². The maximum atomic E-state index is 12.7. The highest BCUT2D eigenvalue weighted by Gasteiger charge is 2.42. The van der Waals surface area contributed by atoms with Gasteiger partial charge in [-0.25, -0.2) is 0 Å². The normalized spacial score (nSPS) is 21.3. The molecule has 1 aromatic heterocycles. The van der Waals surface area contributed by atoms with E-state index in [0.717, 1.165) is 0 Å². The van der Waals surface area contributed by atoms with Crippen LogP contribution >= 0.6 is 0 Å². The zero-order chi connectivity index (χ0) is 13.2. The van der Waals surface area contributed by atoms with E-state index < -0.39 is 12.1 Å². The molecule has 1 fully saturated rings. The number of piperidine rings is 1. The zero-order valence-electron chi connectivity index (χ0n) is 10.00. The Morgan fingerprint density at radius 1 is 1.44 bits per heavy atom. The molecule has 0 aliphatic carbocycles. The second-order valence-corrected chi connectivity index (χ2v) is 4.34. The van der Waals surface area contributed by atoms with Crippen LogP contribution in [-0.2, 0) is 6.54 Å². The van der Waals surface area contributed by atoms with E-state index in [-0.39, 0.29) is 19.0 Å². The lowest BCUT2D eigenvalue weighted by Crippen LogP contribution is -2.41. The van der Waals surface area contributed by atoms with Crippen LogP contribution in [0.15, 0.2) is 4.42 Å². The van der Waals surface area contributed by atoms with Gasteiger partial charge in [-0.05, 0) is 19.9 Å². The van der Waals surface area contributed by atoms with Gasteiger partial charge in [0, 0.05) is 13.1 Å². The number of alkyl halides is 3. The van der Waals surface area contributed by atoms with Crippen LogP contribution in [0, 0.1) is 5.92 Å². The number of rotatable bonds is 3. The number of nitrogens with one attached hydrogen (secondary N) is 1. The van der Waals surface area contributed by atoms with Gasteiger partial charge in [-0.2, -0.15) is 13.2 Å². The first-order valence-corrected chi connectivity index (χ1v) is 5.79. The molecule has 1 N–H and O–H groups in total. The van der Waals surface area contributed by atoms with Gasteiger partial charge in [-0.15, -0.1) is 5.10 Å². The molecule has 102 valence electrons. The Bertz CT molecular complexity index is 393. The summed E-state index contributed by atoms with van der Waals surface area (Å²) >= 11 is 0. The summed E-state index contributed by atoms with van der Waals surface area (Å²) in [5.41, 5.74) is 0. The molecule has 5 nitrogen and oxygen atoms in total. The first-order chi connectivity index (χ1) is 8.50.